The number of para-hydroxylation sites is 2. The van der Waals surface area contributed by atoms with E-state index in [9.17, 15) is 5.11 Å². The molecule has 0 spiro atoms. The van der Waals surface area contributed by atoms with Crippen LogP contribution in [0.3, 0.4) is 0 Å². The van der Waals surface area contributed by atoms with Crippen molar-refractivity contribution < 1.29 is 29.2 Å². The summed E-state index contributed by atoms with van der Waals surface area (Å²) in [4.78, 5) is 2.18. The minimum atomic E-state index is -0.715. The molecule has 0 fully saturated rings. The molecule has 0 aromatic heterocycles. The van der Waals surface area contributed by atoms with Crippen molar-refractivity contribution in [2.24, 2.45) is 0 Å². The Morgan fingerprint density at radius 3 is 1.38 bits per heavy atom. The first-order chi connectivity index (χ1) is 18.2. The Balaban J connectivity index is 0.00000121. The molecule has 4 rings (SSSR count). The van der Waals surface area contributed by atoms with E-state index in [4.69, 9.17) is 24.1 Å². The van der Waals surface area contributed by atoms with Crippen LogP contribution in [-0.4, -0.2) is 36.3 Å². The van der Waals surface area contributed by atoms with Gasteiger partial charge in [-0.05, 0) is 72.8 Å². The summed E-state index contributed by atoms with van der Waals surface area (Å²) >= 11 is 1.64. The second-order valence-electron chi connectivity index (χ2n) is 7.54. The highest BCUT2D eigenvalue weighted by Crippen LogP contribution is 2.30. The van der Waals surface area contributed by atoms with Crippen LogP contribution in [0.25, 0.3) is 0 Å². The van der Waals surface area contributed by atoms with Crippen molar-refractivity contribution >= 4 is 11.8 Å². The van der Waals surface area contributed by atoms with E-state index in [1.807, 2.05) is 109 Å². The predicted octanol–water partition coefficient (Wildman–Crippen LogP) is 6.76. The number of aliphatic hydroxyl groups is 2. The van der Waals surface area contributed by atoms with E-state index in [1.165, 1.54) is 0 Å². The first kappa shape index (κ1) is 27.5. The molecule has 6 nitrogen and oxygen atoms in total. The van der Waals surface area contributed by atoms with E-state index < -0.39 is 6.10 Å². The second kappa shape index (κ2) is 15.8. The smallest absolute Gasteiger partial charge is 0.230 e. The van der Waals surface area contributed by atoms with E-state index in [2.05, 4.69) is 6.58 Å². The maximum atomic E-state index is 10.1. The molecule has 2 N–H and O–H groups in total. The molecule has 4 aromatic rings. The van der Waals surface area contributed by atoms with Gasteiger partial charge in [0.15, 0.2) is 0 Å². The van der Waals surface area contributed by atoms with Gasteiger partial charge in [-0.3, -0.25) is 0 Å². The van der Waals surface area contributed by atoms with E-state index in [-0.39, 0.29) is 20.0 Å². The van der Waals surface area contributed by atoms with E-state index in [0.29, 0.717) is 5.75 Å². The van der Waals surface area contributed by atoms with Gasteiger partial charge in [-0.1, -0.05) is 54.7 Å². The molecule has 7 heteroatoms. The average Bonchev–Trinajstić information content (AvgIpc) is 2.94. The fourth-order valence-corrected chi connectivity index (χ4v) is 3.79. The lowest BCUT2D eigenvalue weighted by Gasteiger charge is -2.14. The molecular formula is C30H30O6S. The standard InChI is InChI=1S/C28H26O5S.C2H4O/c29-22(19-30-23-7-3-1-4-8-23)20-31-25-11-15-27(16-12-25)34-28-17-13-26(14-18-28)33-21-32-24-9-5-2-6-10-24;1-2-3/h1-18,22,29H,19-21H2;2-3H,1H2. The van der Waals surface area contributed by atoms with Gasteiger partial charge in [-0.25, -0.2) is 0 Å². The van der Waals surface area contributed by atoms with Crippen LogP contribution in [0.1, 0.15) is 0 Å². The number of rotatable bonds is 12. The summed E-state index contributed by atoms with van der Waals surface area (Å²) in [5.74, 6) is 2.95. The average molecular weight is 519 g/mol. The van der Waals surface area contributed by atoms with Crippen molar-refractivity contribution in [1.82, 2.24) is 0 Å². The van der Waals surface area contributed by atoms with Gasteiger partial charge in [0.25, 0.3) is 0 Å². The Morgan fingerprint density at radius 2 is 0.946 bits per heavy atom. The molecule has 0 radical (unpaired) electrons. The molecule has 0 saturated heterocycles. The molecule has 192 valence electrons. The highest BCUT2D eigenvalue weighted by atomic mass is 32.2. The Kier molecular flexibility index (Phi) is 11.8. The van der Waals surface area contributed by atoms with Gasteiger partial charge in [0.2, 0.25) is 6.79 Å². The monoisotopic (exact) mass is 518 g/mol. The van der Waals surface area contributed by atoms with Gasteiger partial charge < -0.3 is 29.2 Å². The zero-order chi connectivity index (χ0) is 26.1. The summed E-state index contributed by atoms with van der Waals surface area (Å²) in [6, 6.07) is 34.6. The summed E-state index contributed by atoms with van der Waals surface area (Å²) in [5, 5.41) is 17.4. The van der Waals surface area contributed by atoms with Crippen LogP contribution in [0.2, 0.25) is 0 Å². The van der Waals surface area contributed by atoms with E-state index in [1.54, 1.807) is 11.8 Å². The SMILES string of the molecule is C=CO.OC(COc1ccccc1)COc1ccc(Sc2ccc(OCOc3ccccc3)cc2)cc1. The summed E-state index contributed by atoms with van der Waals surface area (Å²) in [6.07, 6.45) is 0.0353. The number of hydrogen-bond donors (Lipinski definition) is 2. The topological polar surface area (TPSA) is 77.4 Å². The molecule has 0 heterocycles. The molecule has 1 atom stereocenters. The third-order valence-electron chi connectivity index (χ3n) is 4.71. The number of ether oxygens (including phenoxy) is 4. The van der Waals surface area contributed by atoms with Gasteiger partial charge in [-0.15, -0.1) is 0 Å². The van der Waals surface area contributed by atoms with Gasteiger partial charge in [0.1, 0.15) is 42.3 Å². The summed E-state index contributed by atoms with van der Waals surface area (Å²) in [6.45, 7) is 3.41. The largest absolute Gasteiger partial charge is 0.516 e. The summed E-state index contributed by atoms with van der Waals surface area (Å²) in [5.41, 5.74) is 0. The molecule has 1 unspecified atom stereocenters. The quantitative estimate of drug-likeness (QED) is 0.158. The maximum Gasteiger partial charge on any atom is 0.230 e. The fraction of sp³-hybridized carbons (Fsp3) is 0.133. The third-order valence-corrected chi connectivity index (χ3v) is 5.72. The molecule has 37 heavy (non-hydrogen) atoms. The molecule has 0 amide bonds. The van der Waals surface area contributed by atoms with Crippen molar-refractivity contribution in [3.05, 3.63) is 122 Å². The molecule has 0 bridgehead atoms. The molecule has 0 aliphatic rings. The Morgan fingerprint density at radius 1 is 0.595 bits per heavy atom. The highest BCUT2D eigenvalue weighted by Gasteiger charge is 2.07. The van der Waals surface area contributed by atoms with Crippen molar-refractivity contribution in [2.75, 3.05) is 20.0 Å². The number of hydrogen-bond acceptors (Lipinski definition) is 7. The van der Waals surface area contributed by atoms with Crippen LogP contribution in [0, 0.1) is 0 Å². The lowest BCUT2D eigenvalue weighted by atomic mass is 10.3. The Hall–Kier alpha value is -4.07. The molecular weight excluding hydrogens is 488 g/mol. The van der Waals surface area contributed by atoms with Gasteiger partial charge in [-0.2, -0.15) is 0 Å². The first-order valence-corrected chi connectivity index (χ1v) is 12.4. The minimum absolute atomic E-state index is 0.158. The van der Waals surface area contributed by atoms with Crippen LogP contribution < -0.4 is 18.9 Å². The Labute approximate surface area is 221 Å². The van der Waals surface area contributed by atoms with Crippen LogP contribution in [0.5, 0.6) is 23.0 Å². The van der Waals surface area contributed by atoms with Crippen molar-refractivity contribution in [3.63, 3.8) is 0 Å². The van der Waals surface area contributed by atoms with Gasteiger partial charge in [0.05, 0.1) is 6.26 Å². The van der Waals surface area contributed by atoms with Crippen LogP contribution in [0.4, 0.5) is 0 Å². The molecule has 0 saturated carbocycles. The molecule has 0 aliphatic heterocycles. The summed E-state index contributed by atoms with van der Waals surface area (Å²) in [7, 11) is 0. The number of aliphatic hydroxyl groups excluding tert-OH is 2. The zero-order valence-electron chi connectivity index (χ0n) is 20.3. The second-order valence-corrected chi connectivity index (χ2v) is 8.68. The molecule has 4 aromatic carbocycles. The van der Waals surface area contributed by atoms with Gasteiger partial charge in [0, 0.05) is 9.79 Å². The van der Waals surface area contributed by atoms with Crippen molar-refractivity contribution in [3.8, 4) is 23.0 Å². The Bertz CT molecular complexity index is 1150. The number of benzene rings is 4. The first-order valence-electron chi connectivity index (χ1n) is 11.6. The van der Waals surface area contributed by atoms with Crippen LogP contribution in [-0.2, 0) is 0 Å². The van der Waals surface area contributed by atoms with E-state index in [0.717, 1.165) is 33.3 Å². The maximum absolute atomic E-state index is 10.1. The minimum Gasteiger partial charge on any atom is -0.516 e. The highest BCUT2D eigenvalue weighted by molar-refractivity contribution is 7.99. The van der Waals surface area contributed by atoms with E-state index >= 15 is 0 Å². The third kappa shape index (κ3) is 10.6. The fourth-order valence-electron chi connectivity index (χ4n) is 2.98. The molecule has 0 aliphatic carbocycles. The normalized spacial score (nSPS) is 10.8. The van der Waals surface area contributed by atoms with Gasteiger partial charge >= 0.3 is 0 Å². The summed E-state index contributed by atoms with van der Waals surface area (Å²) < 4.78 is 22.4. The lowest BCUT2D eigenvalue weighted by Crippen LogP contribution is -2.25. The zero-order valence-corrected chi connectivity index (χ0v) is 21.1. The van der Waals surface area contributed by atoms with Crippen LogP contribution >= 0.6 is 11.8 Å². The predicted molar refractivity (Wildman–Crippen MR) is 146 cm³/mol. The lowest BCUT2D eigenvalue weighted by molar-refractivity contribution is 0.0626. The van der Waals surface area contributed by atoms with Crippen LogP contribution in [0.15, 0.2) is 132 Å². The van der Waals surface area contributed by atoms with Crippen molar-refractivity contribution in [1.29, 1.82) is 0 Å². The van der Waals surface area contributed by atoms with Crippen molar-refractivity contribution in [2.45, 2.75) is 15.9 Å².